The Hall–Kier alpha value is -2.92. The van der Waals surface area contributed by atoms with E-state index in [1.165, 1.54) is 12.4 Å². The molecular formula is C18H15ClN4O. The second-order valence-corrected chi connectivity index (χ2v) is 5.58. The van der Waals surface area contributed by atoms with Crippen LogP contribution < -0.4 is 10.6 Å². The lowest BCUT2D eigenvalue weighted by Crippen LogP contribution is -2.13. The molecule has 24 heavy (non-hydrogen) atoms. The first-order valence-electron chi connectivity index (χ1n) is 7.34. The molecule has 1 heterocycles. The zero-order valence-electron chi connectivity index (χ0n) is 13.0. The molecule has 0 radical (unpaired) electrons. The molecule has 3 rings (SSSR count). The number of amides is 1. The Balaban J connectivity index is 1.71. The van der Waals surface area contributed by atoms with Gasteiger partial charge in [-0.3, -0.25) is 4.79 Å². The molecule has 0 aliphatic heterocycles. The molecule has 120 valence electrons. The number of anilines is 3. The molecule has 1 amide bonds. The van der Waals surface area contributed by atoms with Crippen LogP contribution in [0.3, 0.4) is 0 Å². The first kappa shape index (κ1) is 16.0. The van der Waals surface area contributed by atoms with Gasteiger partial charge in [-0.1, -0.05) is 41.9 Å². The molecule has 0 spiro atoms. The third-order valence-corrected chi connectivity index (χ3v) is 3.76. The van der Waals surface area contributed by atoms with Crippen LogP contribution >= 0.6 is 11.6 Å². The monoisotopic (exact) mass is 338 g/mol. The van der Waals surface area contributed by atoms with Gasteiger partial charge in [0.15, 0.2) is 0 Å². The van der Waals surface area contributed by atoms with Crippen LogP contribution in [0.25, 0.3) is 0 Å². The average molecular weight is 339 g/mol. The van der Waals surface area contributed by atoms with E-state index < -0.39 is 0 Å². The predicted molar refractivity (Wildman–Crippen MR) is 95.9 cm³/mol. The third-order valence-electron chi connectivity index (χ3n) is 3.43. The van der Waals surface area contributed by atoms with Crippen LogP contribution in [0.15, 0.2) is 60.9 Å². The minimum atomic E-state index is -0.256. The van der Waals surface area contributed by atoms with Gasteiger partial charge >= 0.3 is 0 Å². The van der Waals surface area contributed by atoms with Crippen LogP contribution in [-0.2, 0) is 0 Å². The van der Waals surface area contributed by atoms with Crippen LogP contribution in [0, 0.1) is 6.92 Å². The molecule has 1 aromatic heterocycles. The number of hydrogen-bond donors (Lipinski definition) is 2. The van der Waals surface area contributed by atoms with Crippen molar-refractivity contribution in [3.8, 4) is 0 Å². The molecule has 0 aliphatic rings. The fourth-order valence-corrected chi connectivity index (χ4v) is 2.28. The minimum absolute atomic E-state index is 0.256. The summed E-state index contributed by atoms with van der Waals surface area (Å²) < 4.78 is 0. The number of aryl methyl sites for hydroxylation is 1. The summed E-state index contributed by atoms with van der Waals surface area (Å²) in [4.78, 5) is 20.6. The van der Waals surface area contributed by atoms with Gasteiger partial charge in [-0.05, 0) is 30.7 Å². The standard InChI is InChI=1S/C18H15ClN4O/c1-12-6-2-4-8-15(12)22-17(24)13-10-20-18(21-11-13)23-16-9-5-3-7-14(16)19/h2-11H,1H3,(H,22,24)(H,20,21,23). The Bertz CT molecular complexity index is 865. The van der Waals surface area contributed by atoms with Crippen molar-refractivity contribution in [2.24, 2.45) is 0 Å². The van der Waals surface area contributed by atoms with Crippen molar-refractivity contribution in [2.45, 2.75) is 6.92 Å². The minimum Gasteiger partial charge on any atom is -0.323 e. The zero-order valence-corrected chi connectivity index (χ0v) is 13.7. The first-order valence-corrected chi connectivity index (χ1v) is 7.72. The maximum absolute atomic E-state index is 12.3. The number of carbonyl (C=O) groups is 1. The van der Waals surface area contributed by atoms with Gasteiger partial charge in [0, 0.05) is 18.1 Å². The van der Waals surface area contributed by atoms with E-state index >= 15 is 0 Å². The van der Waals surface area contributed by atoms with Gasteiger partial charge in [0.2, 0.25) is 5.95 Å². The van der Waals surface area contributed by atoms with Gasteiger partial charge in [-0.2, -0.15) is 0 Å². The topological polar surface area (TPSA) is 66.9 Å². The fourth-order valence-electron chi connectivity index (χ4n) is 2.10. The molecule has 3 aromatic rings. The normalized spacial score (nSPS) is 10.2. The van der Waals surface area contributed by atoms with Gasteiger partial charge in [0.05, 0.1) is 16.3 Å². The summed E-state index contributed by atoms with van der Waals surface area (Å²) >= 11 is 6.08. The molecule has 2 N–H and O–H groups in total. The van der Waals surface area contributed by atoms with Gasteiger partial charge in [0.1, 0.15) is 0 Å². The highest BCUT2D eigenvalue weighted by Gasteiger charge is 2.09. The van der Waals surface area contributed by atoms with Crippen molar-refractivity contribution in [1.82, 2.24) is 9.97 Å². The second-order valence-electron chi connectivity index (χ2n) is 5.17. The van der Waals surface area contributed by atoms with E-state index in [0.717, 1.165) is 11.3 Å². The van der Waals surface area contributed by atoms with Crippen LogP contribution in [0.1, 0.15) is 15.9 Å². The van der Waals surface area contributed by atoms with E-state index in [-0.39, 0.29) is 5.91 Å². The Morgan fingerprint density at radius 1 is 0.958 bits per heavy atom. The Kier molecular flexibility index (Phi) is 4.72. The number of hydrogen-bond acceptors (Lipinski definition) is 4. The van der Waals surface area contributed by atoms with Crippen LogP contribution in [0.4, 0.5) is 17.3 Å². The van der Waals surface area contributed by atoms with Crippen molar-refractivity contribution in [3.05, 3.63) is 77.1 Å². The summed E-state index contributed by atoms with van der Waals surface area (Å²) in [5, 5.41) is 6.43. The Morgan fingerprint density at radius 2 is 1.58 bits per heavy atom. The van der Waals surface area contributed by atoms with Gasteiger partial charge in [0.25, 0.3) is 5.91 Å². The highest BCUT2D eigenvalue weighted by atomic mass is 35.5. The summed E-state index contributed by atoms with van der Waals surface area (Å²) in [6, 6.07) is 14.9. The van der Waals surface area contributed by atoms with Crippen LogP contribution in [0.5, 0.6) is 0 Å². The van der Waals surface area contributed by atoms with E-state index in [0.29, 0.717) is 22.2 Å². The molecule has 6 heteroatoms. The molecule has 5 nitrogen and oxygen atoms in total. The number of aromatic nitrogens is 2. The van der Waals surface area contributed by atoms with Gasteiger partial charge in [-0.25, -0.2) is 9.97 Å². The molecule has 0 fully saturated rings. The number of rotatable bonds is 4. The van der Waals surface area contributed by atoms with Gasteiger partial charge < -0.3 is 10.6 Å². The fraction of sp³-hybridized carbons (Fsp3) is 0.0556. The molecule has 0 saturated heterocycles. The SMILES string of the molecule is Cc1ccccc1NC(=O)c1cnc(Nc2ccccc2Cl)nc1. The lowest BCUT2D eigenvalue weighted by molar-refractivity contribution is 0.102. The smallest absolute Gasteiger partial charge is 0.258 e. The van der Waals surface area contributed by atoms with E-state index in [1.54, 1.807) is 6.07 Å². The van der Waals surface area contributed by atoms with E-state index in [1.807, 2.05) is 49.4 Å². The zero-order chi connectivity index (χ0) is 16.9. The first-order chi connectivity index (χ1) is 11.6. The van der Waals surface area contributed by atoms with E-state index in [9.17, 15) is 4.79 Å². The Labute approximate surface area is 144 Å². The molecule has 0 unspecified atom stereocenters. The summed E-state index contributed by atoms with van der Waals surface area (Å²) in [5.74, 6) is 0.115. The number of nitrogens with zero attached hydrogens (tertiary/aromatic N) is 2. The second kappa shape index (κ2) is 7.10. The molecule has 0 saturated carbocycles. The predicted octanol–water partition coefficient (Wildman–Crippen LogP) is 4.43. The summed E-state index contributed by atoms with van der Waals surface area (Å²) in [5.41, 5.74) is 2.84. The summed E-state index contributed by atoms with van der Waals surface area (Å²) in [6.07, 6.45) is 2.94. The quantitative estimate of drug-likeness (QED) is 0.738. The Morgan fingerprint density at radius 3 is 2.25 bits per heavy atom. The highest BCUT2D eigenvalue weighted by molar-refractivity contribution is 6.33. The summed E-state index contributed by atoms with van der Waals surface area (Å²) in [6.45, 7) is 1.93. The third kappa shape index (κ3) is 3.70. The number of para-hydroxylation sites is 2. The van der Waals surface area contributed by atoms with Crippen molar-refractivity contribution in [2.75, 3.05) is 10.6 Å². The van der Waals surface area contributed by atoms with Crippen molar-refractivity contribution in [3.63, 3.8) is 0 Å². The molecule has 0 aliphatic carbocycles. The maximum atomic E-state index is 12.3. The molecule has 2 aromatic carbocycles. The number of halogens is 1. The van der Waals surface area contributed by atoms with Crippen LogP contribution in [-0.4, -0.2) is 15.9 Å². The highest BCUT2D eigenvalue weighted by Crippen LogP contribution is 2.23. The molecule has 0 bridgehead atoms. The molecule has 0 atom stereocenters. The van der Waals surface area contributed by atoms with Crippen molar-refractivity contribution < 1.29 is 4.79 Å². The van der Waals surface area contributed by atoms with Gasteiger partial charge in [-0.15, -0.1) is 0 Å². The van der Waals surface area contributed by atoms with Crippen molar-refractivity contribution >= 4 is 34.8 Å². The lowest BCUT2D eigenvalue weighted by atomic mass is 10.2. The maximum Gasteiger partial charge on any atom is 0.258 e. The largest absolute Gasteiger partial charge is 0.323 e. The van der Waals surface area contributed by atoms with Crippen molar-refractivity contribution in [1.29, 1.82) is 0 Å². The van der Waals surface area contributed by atoms with E-state index in [4.69, 9.17) is 11.6 Å². The van der Waals surface area contributed by atoms with Crippen LogP contribution in [0.2, 0.25) is 5.02 Å². The number of benzene rings is 2. The summed E-state index contributed by atoms with van der Waals surface area (Å²) in [7, 11) is 0. The average Bonchev–Trinajstić information content (AvgIpc) is 2.59. The molecular weight excluding hydrogens is 324 g/mol. The lowest BCUT2D eigenvalue weighted by Gasteiger charge is -2.09. The number of nitrogens with one attached hydrogen (secondary N) is 2. The number of carbonyl (C=O) groups excluding carboxylic acids is 1. The van der Waals surface area contributed by atoms with E-state index in [2.05, 4.69) is 20.6 Å².